The molecule has 0 aromatic carbocycles. The summed E-state index contributed by atoms with van der Waals surface area (Å²) >= 11 is 2.06. The lowest BCUT2D eigenvalue weighted by Gasteiger charge is -2.36. The van der Waals surface area contributed by atoms with Gasteiger partial charge in [0.1, 0.15) is 0 Å². The van der Waals surface area contributed by atoms with Gasteiger partial charge < -0.3 is 10.2 Å². The summed E-state index contributed by atoms with van der Waals surface area (Å²) in [6.07, 6.45) is 9.28. The molecule has 3 heteroatoms. The zero-order valence-corrected chi connectivity index (χ0v) is 12.4. The number of nitrogens with one attached hydrogen (secondary N) is 1. The van der Waals surface area contributed by atoms with Gasteiger partial charge in [0, 0.05) is 23.9 Å². The van der Waals surface area contributed by atoms with Crippen LogP contribution in [0.1, 0.15) is 39.0 Å². The van der Waals surface area contributed by atoms with Crippen molar-refractivity contribution >= 4 is 11.8 Å². The summed E-state index contributed by atoms with van der Waals surface area (Å²) < 4.78 is 0. The molecule has 0 aromatic rings. The van der Waals surface area contributed by atoms with Crippen molar-refractivity contribution in [1.82, 2.24) is 10.2 Å². The maximum absolute atomic E-state index is 3.92. The number of likely N-dealkylation sites (tertiary alicyclic amines) is 1. The average molecular weight is 256 g/mol. The maximum atomic E-state index is 3.92. The van der Waals surface area contributed by atoms with Gasteiger partial charge in [-0.3, -0.25) is 0 Å². The molecule has 2 aliphatic rings. The molecular weight excluding hydrogens is 228 g/mol. The largest absolute Gasteiger partial charge is 0.310 e. The Morgan fingerprint density at radius 1 is 1.24 bits per heavy atom. The van der Waals surface area contributed by atoms with Crippen LogP contribution in [0, 0.1) is 5.92 Å². The molecule has 1 saturated carbocycles. The molecule has 4 unspecified atom stereocenters. The normalized spacial score (nSPS) is 37.2. The van der Waals surface area contributed by atoms with Crippen LogP contribution >= 0.6 is 11.8 Å². The van der Waals surface area contributed by atoms with Gasteiger partial charge in [-0.15, -0.1) is 0 Å². The van der Waals surface area contributed by atoms with Gasteiger partial charge in [0.05, 0.1) is 0 Å². The highest BCUT2D eigenvalue weighted by molar-refractivity contribution is 7.99. The van der Waals surface area contributed by atoms with E-state index in [1.807, 2.05) is 0 Å². The third kappa shape index (κ3) is 3.62. The number of piperidine rings is 1. The van der Waals surface area contributed by atoms with E-state index in [0.29, 0.717) is 6.04 Å². The quantitative estimate of drug-likeness (QED) is 0.832. The highest BCUT2D eigenvalue weighted by atomic mass is 32.2. The molecule has 2 fully saturated rings. The van der Waals surface area contributed by atoms with Gasteiger partial charge in [0.25, 0.3) is 0 Å². The highest BCUT2D eigenvalue weighted by Crippen LogP contribution is 2.29. The minimum atomic E-state index is 0.690. The second-order valence-electron chi connectivity index (χ2n) is 5.93. The molecule has 1 saturated heterocycles. The Hall–Kier alpha value is 0.270. The first-order valence-corrected chi connectivity index (χ1v) is 8.47. The summed E-state index contributed by atoms with van der Waals surface area (Å²) in [4.78, 5) is 2.49. The van der Waals surface area contributed by atoms with Gasteiger partial charge in [0.15, 0.2) is 0 Å². The van der Waals surface area contributed by atoms with Crippen molar-refractivity contribution < 1.29 is 0 Å². The van der Waals surface area contributed by atoms with Crippen molar-refractivity contribution in [3.63, 3.8) is 0 Å². The van der Waals surface area contributed by atoms with E-state index in [2.05, 4.69) is 42.2 Å². The van der Waals surface area contributed by atoms with Crippen molar-refractivity contribution in [2.24, 2.45) is 5.92 Å². The Bertz CT molecular complexity index is 234. The predicted molar refractivity (Wildman–Crippen MR) is 77.8 cm³/mol. The Balaban J connectivity index is 1.81. The van der Waals surface area contributed by atoms with Gasteiger partial charge in [0.2, 0.25) is 0 Å². The van der Waals surface area contributed by atoms with Crippen LogP contribution in [0.25, 0.3) is 0 Å². The fourth-order valence-corrected chi connectivity index (χ4v) is 4.43. The topological polar surface area (TPSA) is 15.3 Å². The number of hydrogen-bond acceptors (Lipinski definition) is 3. The molecule has 4 atom stereocenters. The van der Waals surface area contributed by atoms with E-state index in [9.17, 15) is 0 Å². The lowest BCUT2D eigenvalue weighted by molar-refractivity contribution is 0.173. The molecule has 0 radical (unpaired) electrons. The molecule has 1 N–H and O–H groups in total. The number of hydrogen-bond donors (Lipinski definition) is 1. The number of rotatable bonds is 4. The minimum absolute atomic E-state index is 0.690. The van der Waals surface area contributed by atoms with Crippen LogP contribution < -0.4 is 5.32 Å². The van der Waals surface area contributed by atoms with Gasteiger partial charge >= 0.3 is 0 Å². The predicted octanol–water partition coefficient (Wildman–Crippen LogP) is 2.59. The van der Waals surface area contributed by atoms with Gasteiger partial charge in [-0.2, -0.15) is 11.8 Å². The molecule has 100 valence electrons. The average Bonchev–Trinajstić information content (AvgIpc) is 2.76. The van der Waals surface area contributed by atoms with E-state index < -0.39 is 0 Å². The molecule has 2 rings (SSSR count). The minimum Gasteiger partial charge on any atom is -0.310 e. The van der Waals surface area contributed by atoms with Gasteiger partial charge in [-0.25, -0.2) is 0 Å². The van der Waals surface area contributed by atoms with Gasteiger partial charge in [-0.05, 0) is 58.4 Å². The molecule has 0 aromatic heterocycles. The maximum Gasteiger partial charge on any atom is 0.0198 e. The van der Waals surface area contributed by atoms with E-state index in [1.54, 1.807) is 0 Å². The molecule has 0 spiro atoms. The van der Waals surface area contributed by atoms with Crippen LogP contribution in [-0.4, -0.2) is 48.6 Å². The summed E-state index contributed by atoms with van der Waals surface area (Å²) in [7, 11) is 2.26. The van der Waals surface area contributed by atoms with E-state index in [0.717, 1.165) is 17.2 Å². The third-order valence-corrected chi connectivity index (χ3v) is 5.77. The second kappa shape index (κ2) is 6.44. The molecule has 1 aliphatic carbocycles. The molecule has 2 nitrogen and oxygen atoms in total. The van der Waals surface area contributed by atoms with Crippen LogP contribution in [-0.2, 0) is 0 Å². The van der Waals surface area contributed by atoms with E-state index in [4.69, 9.17) is 0 Å². The Morgan fingerprint density at radius 3 is 2.76 bits per heavy atom. The molecule has 0 amide bonds. The standard InChI is InChI=1S/C14H28N2S/c1-11(12-6-5-9-16(2)10-12)15-13-7-4-8-14(13)17-3/h11-15H,4-10H2,1-3H3. The lowest BCUT2D eigenvalue weighted by atomic mass is 9.91. The second-order valence-corrected chi connectivity index (χ2v) is 7.01. The third-order valence-electron chi connectivity index (χ3n) is 4.60. The molecule has 1 aliphatic heterocycles. The molecule has 0 bridgehead atoms. The van der Waals surface area contributed by atoms with Crippen molar-refractivity contribution in [3.05, 3.63) is 0 Å². The van der Waals surface area contributed by atoms with Crippen LogP contribution in [0.2, 0.25) is 0 Å². The zero-order chi connectivity index (χ0) is 12.3. The van der Waals surface area contributed by atoms with Crippen molar-refractivity contribution in [2.45, 2.75) is 56.4 Å². The number of nitrogens with zero attached hydrogens (tertiary/aromatic N) is 1. The van der Waals surface area contributed by atoms with Crippen LogP contribution in [0.4, 0.5) is 0 Å². The Kier molecular flexibility index (Phi) is 5.19. The first-order valence-electron chi connectivity index (χ1n) is 7.18. The van der Waals surface area contributed by atoms with Crippen molar-refractivity contribution in [2.75, 3.05) is 26.4 Å². The lowest BCUT2D eigenvalue weighted by Crippen LogP contribution is -2.48. The molecule has 1 heterocycles. The SMILES string of the molecule is CSC1CCCC1NC(C)C1CCCN(C)C1. The van der Waals surface area contributed by atoms with Crippen LogP contribution in [0.5, 0.6) is 0 Å². The summed E-state index contributed by atoms with van der Waals surface area (Å²) in [5, 5.41) is 4.78. The fraction of sp³-hybridized carbons (Fsp3) is 1.00. The van der Waals surface area contributed by atoms with Crippen molar-refractivity contribution in [1.29, 1.82) is 0 Å². The van der Waals surface area contributed by atoms with E-state index >= 15 is 0 Å². The summed E-state index contributed by atoms with van der Waals surface area (Å²) in [6, 6.07) is 1.46. The summed E-state index contributed by atoms with van der Waals surface area (Å²) in [6.45, 7) is 4.98. The zero-order valence-electron chi connectivity index (χ0n) is 11.6. The smallest absolute Gasteiger partial charge is 0.0198 e. The van der Waals surface area contributed by atoms with E-state index in [-0.39, 0.29) is 0 Å². The Morgan fingerprint density at radius 2 is 2.06 bits per heavy atom. The Labute approximate surface area is 111 Å². The van der Waals surface area contributed by atoms with E-state index in [1.165, 1.54) is 45.2 Å². The molecular formula is C14H28N2S. The van der Waals surface area contributed by atoms with Crippen molar-refractivity contribution in [3.8, 4) is 0 Å². The highest BCUT2D eigenvalue weighted by Gasteiger charge is 2.30. The summed E-state index contributed by atoms with van der Waals surface area (Å²) in [5.74, 6) is 0.858. The molecule has 17 heavy (non-hydrogen) atoms. The monoisotopic (exact) mass is 256 g/mol. The fourth-order valence-electron chi connectivity index (χ4n) is 3.49. The number of thioether (sulfide) groups is 1. The van der Waals surface area contributed by atoms with Crippen LogP contribution in [0.3, 0.4) is 0 Å². The van der Waals surface area contributed by atoms with Gasteiger partial charge in [-0.1, -0.05) is 6.42 Å². The first-order chi connectivity index (χ1) is 8.20. The summed E-state index contributed by atoms with van der Waals surface area (Å²) in [5.41, 5.74) is 0. The first kappa shape index (κ1) is 13.7. The van der Waals surface area contributed by atoms with Crippen LogP contribution in [0.15, 0.2) is 0 Å².